The van der Waals surface area contributed by atoms with E-state index < -0.39 is 22.5 Å². The summed E-state index contributed by atoms with van der Waals surface area (Å²) in [6.45, 7) is 3.39. The van der Waals surface area contributed by atoms with Crippen LogP contribution in [0.1, 0.15) is 18.1 Å². The third-order valence-corrected chi connectivity index (χ3v) is 7.23. The Hall–Kier alpha value is -2.35. The third kappa shape index (κ3) is 5.47. The minimum Gasteiger partial charge on any atom is -0.483 e. The lowest BCUT2D eigenvalue weighted by molar-refractivity contribution is -0.119. The summed E-state index contributed by atoms with van der Waals surface area (Å²) in [6.07, 6.45) is 0.798. The highest BCUT2D eigenvalue weighted by Crippen LogP contribution is 2.29. The molecular weight excluding hydrogens is 502 g/mol. The van der Waals surface area contributed by atoms with Gasteiger partial charge in [0.15, 0.2) is 6.61 Å². The van der Waals surface area contributed by atoms with Crippen LogP contribution in [-0.2, 0) is 21.2 Å². The lowest BCUT2D eigenvalue weighted by Crippen LogP contribution is -2.40. The first-order chi connectivity index (χ1) is 14.7. The molecule has 0 saturated carbocycles. The fraction of sp³-hybridized carbons (Fsp3) is 0.174. The Labute approximate surface area is 195 Å². The predicted octanol–water partition coefficient (Wildman–Crippen LogP) is 5.77. The van der Waals surface area contributed by atoms with Gasteiger partial charge in [0, 0.05) is 5.02 Å². The van der Waals surface area contributed by atoms with Crippen LogP contribution in [0.15, 0.2) is 76.1 Å². The number of benzene rings is 3. The molecule has 1 amide bonds. The van der Waals surface area contributed by atoms with Gasteiger partial charge in [-0.15, -0.1) is 0 Å². The van der Waals surface area contributed by atoms with Crippen LogP contribution in [0.3, 0.4) is 0 Å². The molecule has 0 aliphatic heterocycles. The number of anilines is 1. The topological polar surface area (TPSA) is 63.7 Å². The van der Waals surface area contributed by atoms with Gasteiger partial charge in [-0.25, -0.2) is 8.42 Å². The Bertz CT molecular complexity index is 1180. The molecule has 0 heterocycles. The highest BCUT2D eigenvalue weighted by atomic mass is 79.9. The van der Waals surface area contributed by atoms with Crippen LogP contribution >= 0.6 is 27.5 Å². The van der Waals surface area contributed by atoms with Gasteiger partial charge in [0.2, 0.25) is 0 Å². The standard InChI is InChI=1S/C23H21BrClNO4S/c1-3-17-6-9-19(10-7-17)26(31(28,29)20-11-4-16(2)5-12-20)23(27)15-30-22-13-8-18(25)14-21(22)24/h4-14H,3,15H2,1-2H3. The largest absolute Gasteiger partial charge is 0.483 e. The Morgan fingerprint density at radius 1 is 1.03 bits per heavy atom. The number of hydrogen-bond donors (Lipinski definition) is 0. The van der Waals surface area contributed by atoms with Gasteiger partial charge >= 0.3 is 0 Å². The van der Waals surface area contributed by atoms with Crippen molar-refractivity contribution in [2.45, 2.75) is 25.2 Å². The van der Waals surface area contributed by atoms with E-state index in [1.807, 2.05) is 13.8 Å². The van der Waals surface area contributed by atoms with Crippen LogP contribution < -0.4 is 9.04 Å². The molecule has 0 N–H and O–H groups in total. The first-order valence-electron chi connectivity index (χ1n) is 9.54. The summed E-state index contributed by atoms with van der Waals surface area (Å²) in [7, 11) is -4.14. The lowest BCUT2D eigenvalue weighted by atomic mass is 10.1. The number of aryl methyl sites for hydroxylation is 2. The van der Waals surface area contributed by atoms with Crippen molar-refractivity contribution >= 4 is 49.1 Å². The first kappa shape index (κ1) is 23.3. The highest BCUT2D eigenvalue weighted by Gasteiger charge is 2.31. The molecule has 0 aliphatic rings. The summed E-state index contributed by atoms with van der Waals surface area (Å²) in [4.78, 5) is 13.1. The first-order valence-corrected chi connectivity index (χ1v) is 12.1. The SMILES string of the molecule is CCc1ccc(N(C(=O)COc2ccc(Cl)cc2Br)S(=O)(=O)c2ccc(C)cc2)cc1. The molecule has 0 unspecified atom stereocenters. The van der Waals surface area contributed by atoms with E-state index in [1.54, 1.807) is 54.6 Å². The molecule has 5 nitrogen and oxygen atoms in total. The van der Waals surface area contributed by atoms with Crippen LogP contribution in [0.4, 0.5) is 5.69 Å². The van der Waals surface area contributed by atoms with E-state index in [0.29, 0.717) is 15.2 Å². The summed E-state index contributed by atoms with van der Waals surface area (Å²) in [5.74, 6) is -0.335. The Morgan fingerprint density at radius 3 is 2.26 bits per heavy atom. The fourth-order valence-electron chi connectivity index (χ4n) is 2.89. The smallest absolute Gasteiger partial charge is 0.278 e. The summed E-state index contributed by atoms with van der Waals surface area (Å²) in [5.41, 5.74) is 2.20. The number of halogens is 2. The minimum atomic E-state index is -4.14. The van der Waals surface area contributed by atoms with E-state index in [1.165, 1.54) is 12.1 Å². The molecule has 0 radical (unpaired) electrons. The minimum absolute atomic E-state index is 0.0266. The molecule has 0 fully saturated rings. The maximum absolute atomic E-state index is 13.4. The van der Waals surface area contributed by atoms with Crippen molar-refractivity contribution in [2.75, 3.05) is 10.9 Å². The molecule has 31 heavy (non-hydrogen) atoms. The maximum Gasteiger partial charge on any atom is 0.278 e. The van der Waals surface area contributed by atoms with Gasteiger partial charge < -0.3 is 4.74 Å². The average Bonchev–Trinajstić information content (AvgIpc) is 2.74. The number of carbonyl (C=O) groups excluding carboxylic acids is 1. The second-order valence-corrected chi connectivity index (χ2v) is 9.94. The monoisotopic (exact) mass is 521 g/mol. The zero-order chi connectivity index (χ0) is 22.6. The maximum atomic E-state index is 13.4. The summed E-state index contributed by atoms with van der Waals surface area (Å²) < 4.78 is 33.7. The molecule has 3 aromatic rings. The van der Waals surface area contributed by atoms with Crippen LogP contribution in [0.5, 0.6) is 5.75 Å². The van der Waals surface area contributed by atoms with E-state index >= 15 is 0 Å². The van der Waals surface area contributed by atoms with Crippen molar-refractivity contribution in [3.63, 3.8) is 0 Å². The molecular formula is C23H21BrClNO4S. The predicted molar refractivity (Wildman–Crippen MR) is 126 cm³/mol. The number of sulfonamides is 1. The van der Waals surface area contributed by atoms with Crippen molar-refractivity contribution in [3.8, 4) is 5.75 Å². The summed E-state index contributed by atoms with van der Waals surface area (Å²) >= 11 is 9.26. The van der Waals surface area contributed by atoms with E-state index in [0.717, 1.165) is 21.9 Å². The third-order valence-electron chi connectivity index (χ3n) is 4.61. The normalized spacial score (nSPS) is 11.2. The molecule has 162 valence electrons. The van der Waals surface area contributed by atoms with Gasteiger partial charge in [-0.2, -0.15) is 4.31 Å². The Kier molecular flexibility index (Phi) is 7.41. The zero-order valence-corrected chi connectivity index (χ0v) is 20.2. The van der Waals surface area contributed by atoms with Crippen LogP contribution in [0.25, 0.3) is 0 Å². The van der Waals surface area contributed by atoms with Crippen molar-refractivity contribution in [2.24, 2.45) is 0 Å². The molecule has 3 aromatic carbocycles. The van der Waals surface area contributed by atoms with Gasteiger partial charge in [0.25, 0.3) is 15.9 Å². The van der Waals surface area contributed by atoms with Crippen molar-refractivity contribution in [3.05, 3.63) is 87.4 Å². The number of hydrogen-bond acceptors (Lipinski definition) is 4. The van der Waals surface area contributed by atoms with Gasteiger partial charge in [-0.1, -0.05) is 48.4 Å². The van der Waals surface area contributed by atoms with E-state index in [2.05, 4.69) is 15.9 Å². The average molecular weight is 523 g/mol. The molecule has 0 aromatic heterocycles. The van der Waals surface area contributed by atoms with Gasteiger partial charge in [0.05, 0.1) is 15.1 Å². The van der Waals surface area contributed by atoms with Gasteiger partial charge in [-0.05, 0) is 77.3 Å². The molecule has 0 spiro atoms. The van der Waals surface area contributed by atoms with Crippen LogP contribution in [0.2, 0.25) is 5.02 Å². The molecule has 0 bridgehead atoms. The molecule has 0 aliphatic carbocycles. The second-order valence-electron chi connectivity index (χ2n) is 6.86. The number of rotatable bonds is 7. The number of ether oxygens (including phenoxy) is 1. The van der Waals surface area contributed by atoms with Crippen LogP contribution in [-0.4, -0.2) is 20.9 Å². The number of amides is 1. The molecule has 8 heteroatoms. The second kappa shape index (κ2) is 9.85. The van der Waals surface area contributed by atoms with Crippen molar-refractivity contribution < 1.29 is 17.9 Å². The quantitative estimate of drug-likeness (QED) is 0.395. The fourth-order valence-corrected chi connectivity index (χ4v) is 5.10. The van der Waals surface area contributed by atoms with Crippen molar-refractivity contribution in [1.29, 1.82) is 0 Å². The van der Waals surface area contributed by atoms with Crippen molar-refractivity contribution in [1.82, 2.24) is 0 Å². The highest BCUT2D eigenvalue weighted by molar-refractivity contribution is 9.10. The number of carbonyl (C=O) groups is 1. The Morgan fingerprint density at radius 2 is 1.68 bits per heavy atom. The summed E-state index contributed by atoms with van der Waals surface area (Å²) in [6, 6.07) is 18.1. The summed E-state index contributed by atoms with van der Waals surface area (Å²) in [5, 5.41) is 0.505. The molecule has 0 saturated heterocycles. The molecule has 3 rings (SSSR count). The zero-order valence-electron chi connectivity index (χ0n) is 17.0. The van der Waals surface area contributed by atoms with Crippen LogP contribution in [0, 0.1) is 6.92 Å². The van der Waals surface area contributed by atoms with E-state index in [4.69, 9.17) is 16.3 Å². The lowest BCUT2D eigenvalue weighted by Gasteiger charge is -2.23. The van der Waals surface area contributed by atoms with E-state index in [9.17, 15) is 13.2 Å². The Balaban J connectivity index is 1.96. The van der Waals surface area contributed by atoms with Gasteiger partial charge in [-0.3, -0.25) is 4.79 Å². The molecule has 0 atom stereocenters. The number of nitrogens with zero attached hydrogens (tertiary/aromatic N) is 1. The van der Waals surface area contributed by atoms with Gasteiger partial charge in [0.1, 0.15) is 5.75 Å². The van der Waals surface area contributed by atoms with E-state index in [-0.39, 0.29) is 10.6 Å².